The van der Waals surface area contributed by atoms with E-state index < -0.39 is 6.10 Å². The van der Waals surface area contributed by atoms with Gasteiger partial charge in [0.25, 0.3) is 0 Å². The molecule has 1 aliphatic rings. The maximum Gasteiger partial charge on any atom is 0.123 e. The first kappa shape index (κ1) is 22.5. The van der Waals surface area contributed by atoms with Crippen LogP contribution in [0.4, 0.5) is 10.1 Å². The van der Waals surface area contributed by atoms with E-state index in [0.29, 0.717) is 19.8 Å². The summed E-state index contributed by atoms with van der Waals surface area (Å²) < 4.78 is 19.1. The highest BCUT2D eigenvalue weighted by atomic mass is 19.1. The van der Waals surface area contributed by atoms with E-state index in [1.165, 1.54) is 23.3 Å². The standard InChI is InChI=1S/C27H31FN2O2/c28-24-11-13-25(14-12-24)30-17-15-29(16-18-30)19-26(31)20-32-21-27(22-7-3-1-4-8-22)23-9-5-2-6-10-23/h1-14,26-27,31H,15-21H2/t26-/m1/s1. The Balaban J connectivity index is 1.24. The van der Waals surface area contributed by atoms with Crippen molar-refractivity contribution in [3.05, 3.63) is 102 Å². The van der Waals surface area contributed by atoms with Crippen LogP contribution in [0.1, 0.15) is 17.0 Å². The SMILES string of the molecule is O[C@@H](COCC(c1ccccc1)c1ccccc1)CN1CCN(c2ccc(F)cc2)CC1. The molecule has 0 unspecified atom stereocenters. The van der Waals surface area contributed by atoms with Gasteiger partial charge in [-0.25, -0.2) is 4.39 Å². The van der Waals surface area contributed by atoms with Gasteiger partial charge in [0.2, 0.25) is 0 Å². The van der Waals surface area contributed by atoms with Crippen molar-refractivity contribution in [1.82, 2.24) is 4.90 Å². The summed E-state index contributed by atoms with van der Waals surface area (Å²) in [5.41, 5.74) is 3.47. The summed E-state index contributed by atoms with van der Waals surface area (Å²) in [5.74, 6) is -0.0684. The number of rotatable bonds is 9. The molecule has 4 nitrogen and oxygen atoms in total. The van der Waals surface area contributed by atoms with Crippen LogP contribution in [0.3, 0.4) is 0 Å². The van der Waals surface area contributed by atoms with Crippen molar-refractivity contribution in [2.75, 3.05) is 50.8 Å². The number of hydrogen-bond acceptors (Lipinski definition) is 4. The summed E-state index contributed by atoms with van der Waals surface area (Å²) in [4.78, 5) is 4.52. The maximum atomic E-state index is 13.1. The molecule has 3 aromatic rings. The van der Waals surface area contributed by atoms with Crippen LogP contribution in [0.15, 0.2) is 84.9 Å². The van der Waals surface area contributed by atoms with Crippen molar-refractivity contribution < 1.29 is 14.2 Å². The van der Waals surface area contributed by atoms with Gasteiger partial charge in [0.1, 0.15) is 5.82 Å². The number of hydrogen-bond donors (Lipinski definition) is 1. The first-order chi connectivity index (χ1) is 15.7. The van der Waals surface area contributed by atoms with Crippen molar-refractivity contribution in [3.8, 4) is 0 Å². The van der Waals surface area contributed by atoms with Gasteiger partial charge >= 0.3 is 0 Å². The zero-order chi connectivity index (χ0) is 22.2. The van der Waals surface area contributed by atoms with Gasteiger partial charge in [-0.3, -0.25) is 4.90 Å². The molecule has 0 aliphatic carbocycles. The Morgan fingerprint density at radius 2 is 1.31 bits per heavy atom. The summed E-state index contributed by atoms with van der Waals surface area (Å²) in [6.45, 7) is 4.90. The van der Waals surface area contributed by atoms with Crippen molar-refractivity contribution >= 4 is 5.69 Å². The second-order valence-electron chi connectivity index (χ2n) is 8.33. The quantitative estimate of drug-likeness (QED) is 0.549. The van der Waals surface area contributed by atoms with Crippen molar-refractivity contribution in [2.45, 2.75) is 12.0 Å². The summed E-state index contributed by atoms with van der Waals surface area (Å²) in [6.07, 6.45) is -0.528. The Labute approximate surface area is 189 Å². The second-order valence-corrected chi connectivity index (χ2v) is 8.33. The van der Waals surface area contributed by atoms with Crippen LogP contribution in [0.2, 0.25) is 0 Å². The van der Waals surface area contributed by atoms with E-state index in [1.807, 2.05) is 48.5 Å². The summed E-state index contributed by atoms with van der Waals surface area (Å²) >= 11 is 0. The Morgan fingerprint density at radius 3 is 1.88 bits per heavy atom. The number of piperazine rings is 1. The summed E-state index contributed by atoms with van der Waals surface area (Å²) in [6, 6.07) is 27.4. The molecule has 1 aliphatic heterocycles. The van der Waals surface area contributed by atoms with E-state index in [2.05, 4.69) is 34.1 Å². The van der Waals surface area contributed by atoms with Gasteiger partial charge in [-0.05, 0) is 35.4 Å². The Bertz CT molecular complexity index is 889. The van der Waals surface area contributed by atoms with Crippen LogP contribution in [0, 0.1) is 5.82 Å². The largest absolute Gasteiger partial charge is 0.389 e. The molecule has 0 spiro atoms. The first-order valence-electron chi connectivity index (χ1n) is 11.3. The lowest BCUT2D eigenvalue weighted by Crippen LogP contribution is -2.49. The number of nitrogens with zero attached hydrogens (tertiary/aromatic N) is 2. The van der Waals surface area contributed by atoms with Crippen molar-refractivity contribution in [2.24, 2.45) is 0 Å². The highest BCUT2D eigenvalue weighted by Gasteiger charge is 2.20. The van der Waals surface area contributed by atoms with Gasteiger partial charge < -0.3 is 14.7 Å². The Kier molecular flexibility index (Phi) is 7.88. The minimum Gasteiger partial charge on any atom is -0.389 e. The van der Waals surface area contributed by atoms with Crippen LogP contribution in [-0.4, -0.2) is 62.0 Å². The van der Waals surface area contributed by atoms with Gasteiger partial charge in [-0.2, -0.15) is 0 Å². The average molecular weight is 435 g/mol. The summed E-state index contributed by atoms with van der Waals surface area (Å²) in [7, 11) is 0. The fourth-order valence-electron chi connectivity index (χ4n) is 4.27. The topological polar surface area (TPSA) is 35.9 Å². The van der Waals surface area contributed by atoms with Crippen LogP contribution in [0.25, 0.3) is 0 Å². The number of β-amino-alcohol motifs (C(OH)–C–C–N with tert-alkyl or cyclic N) is 1. The molecule has 1 N–H and O–H groups in total. The summed E-state index contributed by atoms with van der Waals surface area (Å²) in [5, 5.41) is 10.5. The number of anilines is 1. The van der Waals surface area contributed by atoms with Gasteiger partial charge in [0, 0.05) is 44.3 Å². The normalized spacial score (nSPS) is 15.8. The fourth-order valence-corrected chi connectivity index (χ4v) is 4.27. The smallest absolute Gasteiger partial charge is 0.123 e. The number of ether oxygens (including phenoxy) is 1. The van der Waals surface area contributed by atoms with Crippen LogP contribution in [0.5, 0.6) is 0 Å². The van der Waals surface area contributed by atoms with E-state index in [9.17, 15) is 9.50 Å². The fraction of sp³-hybridized carbons (Fsp3) is 0.333. The van der Waals surface area contributed by atoms with E-state index in [4.69, 9.17) is 4.74 Å². The average Bonchev–Trinajstić information content (AvgIpc) is 2.84. The second kappa shape index (κ2) is 11.2. The van der Waals surface area contributed by atoms with E-state index >= 15 is 0 Å². The molecule has 0 aromatic heterocycles. The molecule has 0 amide bonds. The highest BCUT2D eigenvalue weighted by Crippen LogP contribution is 2.25. The predicted molar refractivity (Wildman–Crippen MR) is 127 cm³/mol. The van der Waals surface area contributed by atoms with E-state index in [-0.39, 0.29) is 11.7 Å². The molecule has 4 rings (SSSR count). The minimum absolute atomic E-state index is 0.142. The Hall–Kier alpha value is -2.73. The van der Waals surface area contributed by atoms with Gasteiger partial charge in [-0.1, -0.05) is 60.7 Å². The minimum atomic E-state index is -0.528. The Morgan fingerprint density at radius 1 is 0.750 bits per heavy atom. The molecule has 32 heavy (non-hydrogen) atoms. The van der Waals surface area contributed by atoms with Crippen molar-refractivity contribution in [1.29, 1.82) is 0 Å². The lowest BCUT2D eigenvalue weighted by atomic mass is 9.92. The highest BCUT2D eigenvalue weighted by molar-refractivity contribution is 5.46. The molecule has 0 saturated carbocycles. The molecule has 1 fully saturated rings. The molecule has 3 aromatic carbocycles. The molecular formula is C27H31FN2O2. The zero-order valence-electron chi connectivity index (χ0n) is 18.3. The lowest BCUT2D eigenvalue weighted by molar-refractivity contribution is 0.0136. The molecule has 1 heterocycles. The molecule has 1 saturated heterocycles. The number of halogens is 1. The lowest BCUT2D eigenvalue weighted by Gasteiger charge is -2.36. The van der Waals surface area contributed by atoms with E-state index in [1.54, 1.807) is 0 Å². The third-order valence-corrected chi connectivity index (χ3v) is 6.03. The van der Waals surface area contributed by atoms with Gasteiger partial charge in [0.05, 0.1) is 19.3 Å². The first-order valence-corrected chi connectivity index (χ1v) is 11.3. The van der Waals surface area contributed by atoms with E-state index in [0.717, 1.165) is 31.9 Å². The van der Waals surface area contributed by atoms with Gasteiger partial charge in [0.15, 0.2) is 0 Å². The van der Waals surface area contributed by atoms with Crippen LogP contribution >= 0.6 is 0 Å². The van der Waals surface area contributed by atoms with Crippen LogP contribution < -0.4 is 4.90 Å². The predicted octanol–water partition coefficient (Wildman–Crippen LogP) is 4.16. The van der Waals surface area contributed by atoms with Crippen LogP contribution in [-0.2, 0) is 4.74 Å². The third kappa shape index (κ3) is 6.16. The number of aliphatic hydroxyl groups excluding tert-OH is 1. The zero-order valence-corrected chi connectivity index (χ0v) is 18.3. The molecule has 0 radical (unpaired) electrons. The number of benzene rings is 3. The molecule has 168 valence electrons. The molecule has 5 heteroatoms. The molecular weight excluding hydrogens is 403 g/mol. The molecule has 0 bridgehead atoms. The third-order valence-electron chi connectivity index (χ3n) is 6.03. The van der Waals surface area contributed by atoms with Crippen molar-refractivity contribution in [3.63, 3.8) is 0 Å². The number of aliphatic hydroxyl groups is 1. The monoisotopic (exact) mass is 434 g/mol. The van der Waals surface area contributed by atoms with Gasteiger partial charge in [-0.15, -0.1) is 0 Å². The maximum absolute atomic E-state index is 13.1. The molecule has 1 atom stereocenters.